The summed E-state index contributed by atoms with van der Waals surface area (Å²) in [4.78, 5) is 0. The molecule has 0 aromatic heterocycles. The first kappa shape index (κ1) is 14.8. The summed E-state index contributed by atoms with van der Waals surface area (Å²) in [5.41, 5.74) is 0.799. The van der Waals surface area contributed by atoms with Gasteiger partial charge in [0.15, 0.2) is 0 Å². The van der Waals surface area contributed by atoms with Crippen LogP contribution in [0.4, 0.5) is 0 Å². The first-order valence-electron chi connectivity index (χ1n) is 6.27. The van der Waals surface area contributed by atoms with Gasteiger partial charge in [0.2, 0.25) is 0 Å². The van der Waals surface area contributed by atoms with Gasteiger partial charge in [0.05, 0.1) is 13.2 Å². The highest BCUT2D eigenvalue weighted by Crippen LogP contribution is 2.23. The molecule has 0 saturated carbocycles. The molecule has 0 aliphatic heterocycles. The standard InChI is InChI=1S/C14H23NO3/c1-10(2)6-12(16)9-15-8-11-4-5-13(18-3)7-14(11)17/h4-5,7,10,12,15-17H,6,8-9H2,1-3H3. The van der Waals surface area contributed by atoms with Gasteiger partial charge in [-0.15, -0.1) is 0 Å². The van der Waals surface area contributed by atoms with E-state index in [4.69, 9.17) is 4.74 Å². The molecule has 1 unspecified atom stereocenters. The number of ether oxygens (including phenoxy) is 1. The fraction of sp³-hybridized carbons (Fsp3) is 0.571. The molecular formula is C14H23NO3. The number of nitrogens with one attached hydrogen (secondary N) is 1. The molecule has 4 heteroatoms. The Hall–Kier alpha value is -1.26. The first-order chi connectivity index (χ1) is 8.52. The Morgan fingerprint density at radius 3 is 2.61 bits per heavy atom. The second-order valence-electron chi connectivity index (χ2n) is 4.91. The predicted octanol–water partition coefficient (Wildman–Crippen LogP) is 1.90. The maximum Gasteiger partial charge on any atom is 0.123 e. The molecule has 102 valence electrons. The summed E-state index contributed by atoms with van der Waals surface area (Å²) in [6, 6.07) is 5.21. The Labute approximate surface area is 109 Å². The van der Waals surface area contributed by atoms with E-state index in [0.717, 1.165) is 12.0 Å². The van der Waals surface area contributed by atoms with Crippen LogP contribution in [0.15, 0.2) is 18.2 Å². The van der Waals surface area contributed by atoms with Gasteiger partial charge in [-0.2, -0.15) is 0 Å². The Morgan fingerprint density at radius 1 is 1.33 bits per heavy atom. The molecule has 1 aromatic carbocycles. The smallest absolute Gasteiger partial charge is 0.123 e. The van der Waals surface area contributed by atoms with E-state index in [9.17, 15) is 10.2 Å². The van der Waals surface area contributed by atoms with E-state index in [1.165, 1.54) is 0 Å². The lowest BCUT2D eigenvalue weighted by atomic mass is 10.1. The van der Waals surface area contributed by atoms with Crippen LogP contribution >= 0.6 is 0 Å². The van der Waals surface area contributed by atoms with E-state index >= 15 is 0 Å². The van der Waals surface area contributed by atoms with Crippen molar-refractivity contribution in [1.82, 2.24) is 5.32 Å². The third-order valence-corrected chi connectivity index (χ3v) is 2.73. The normalized spacial score (nSPS) is 12.7. The van der Waals surface area contributed by atoms with Crippen molar-refractivity contribution in [3.8, 4) is 11.5 Å². The number of aliphatic hydroxyl groups excluding tert-OH is 1. The fourth-order valence-corrected chi connectivity index (χ4v) is 1.82. The van der Waals surface area contributed by atoms with Gasteiger partial charge in [0.25, 0.3) is 0 Å². The molecular weight excluding hydrogens is 230 g/mol. The summed E-state index contributed by atoms with van der Waals surface area (Å²) in [5.74, 6) is 1.33. The average Bonchev–Trinajstić information content (AvgIpc) is 2.30. The molecule has 0 aliphatic rings. The molecule has 0 radical (unpaired) electrons. The molecule has 0 aliphatic carbocycles. The van der Waals surface area contributed by atoms with Crippen LogP contribution in [0.3, 0.4) is 0 Å². The Bertz CT molecular complexity index is 366. The van der Waals surface area contributed by atoms with Crippen LogP contribution < -0.4 is 10.1 Å². The highest BCUT2D eigenvalue weighted by atomic mass is 16.5. The monoisotopic (exact) mass is 253 g/mol. The fourth-order valence-electron chi connectivity index (χ4n) is 1.82. The van der Waals surface area contributed by atoms with E-state index in [1.807, 2.05) is 6.07 Å². The quantitative estimate of drug-likeness (QED) is 0.694. The number of methoxy groups -OCH3 is 1. The summed E-state index contributed by atoms with van der Waals surface area (Å²) in [7, 11) is 1.56. The SMILES string of the molecule is COc1ccc(CNCC(O)CC(C)C)c(O)c1. The minimum Gasteiger partial charge on any atom is -0.507 e. The van der Waals surface area contributed by atoms with Gasteiger partial charge in [-0.05, 0) is 18.4 Å². The molecule has 0 bridgehead atoms. The van der Waals surface area contributed by atoms with Crippen molar-refractivity contribution >= 4 is 0 Å². The number of phenols is 1. The summed E-state index contributed by atoms with van der Waals surface area (Å²) < 4.78 is 5.02. The summed E-state index contributed by atoms with van der Waals surface area (Å²) in [6.07, 6.45) is 0.437. The molecule has 4 nitrogen and oxygen atoms in total. The van der Waals surface area contributed by atoms with Crippen molar-refractivity contribution in [2.24, 2.45) is 5.92 Å². The number of benzene rings is 1. The maximum atomic E-state index is 9.75. The summed E-state index contributed by atoms with van der Waals surface area (Å²) in [6.45, 7) is 5.23. The molecule has 1 atom stereocenters. The minimum absolute atomic E-state index is 0.209. The van der Waals surface area contributed by atoms with Gasteiger partial charge < -0.3 is 20.3 Å². The molecule has 3 N–H and O–H groups in total. The number of phenolic OH excluding ortho intramolecular Hbond substituents is 1. The number of hydrogen-bond acceptors (Lipinski definition) is 4. The Balaban J connectivity index is 2.39. The van der Waals surface area contributed by atoms with Crippen molar-refractivity contribution in [1.29, 1.82) is 0 Å². The van der Waals surface area contributed by atoms with Crippen molar-refractivity contribution in [3.63, 3.8) is 0 Å². The Morgan fingerprint density at radius 2 is 2.06 bits per heavy atom. The zero-order chi connectivity index (χ0) is 13.5. The van der Waals surface area contributed by atoms with Gasteiger partial charge >= 0.3 is 0 Å². The van der Waals surface area contributed by atoms with E-state index < -0.39 is 0 Å². The first-order valence-corrected chi connectivity index (χ1v) is 6.27. The van der Waals surface area contributed by atoms with E-state index in [1.54, 1.807) is 19.2 Å². The molecule has 0 amide bonds. The minimum atomic E-state index is -0.342. The molecule has 0 spiro atoms. The van der Waals surface area contributed by atoms with Gasteiger partial charge in [-0.3, -0.25) is 0 Å². The van der Waals surface area contributed by atoms with Crippen LogP contribution in [0, 0.1) is 5.92 Å². The molecule has 0 heterocycles. The third-order valence-electron chi connectivity index (χ3n) is 2.73. The van der Waals surface area contributed by atoms with Crippen molar-refractivity contribution in [2.75, 3.05) is 13.7 Å². The lowest BCUT2D eigenvalue weighted by Crippen LogP contribution is -2.27. The van der Waals surface area contributed by atoms with Crippen molar-refractivity contribution in [3.05, 3.63) is 23.8 Å². The highest BCUT2D eigenvalue weighted by Gasteiger charge is 2.07. The van der Waals surface area contributed by atoms with Crippen LogP contribution in [0.1, 0.15) is 25.8 Å². The predicted molar refractivity (Wildman–Crippen MR) is 71.8 cm³/mol. The summed E-state index contributed by atoms with van der Waals surface area (Å²) in [5, 5.41) is 22.6. The van der Waals surface area contributed by atoms with Crippen molar-refractivity contribution < 1.29 is 14.9 Å². The van der Waals surface area contributed by atoms with Crippen LogP contribution in [0.2, 0.25) is 0 Å². The summed E-state index contributed by atoms with van der Waals surface area (Å²) >= 11 is 0. The molecule has 0 fully saturated rings. The zero-order valence-corrected chi connectivity index (χ0v) is 11.3. The molecule has 1 rings (SSSR count). The van der Waals surface area contributed by atoms with Gasteiger partial charge in [0.1, 0.15) is 11.5 Å². The highest BCUT2D eigenvalue weighted by molar-refractivity contribution is 5.39. The number of hydrogen-bond donors (Lipinski definition) is 3. The van der Waals surface area contributed by atoms with Crippen LogP contribution in [-0.4, -0.2) is 30.0 Å². The van der Waals surface area contributed by atoms with Gasteiger partial charge in [0, 0.05) is 24.7 Å². The molecule has 18 heavy (non-hydrogen) atoms. The maximum absolute atomic E-state index is 9.75. The topological polar surface area (TPSA) is 61.7 Å². The van der Waals surface area contributed by atoms with E-state index in [0.29, 0.717) is 24.8 Å². The molecule has 0 saturated heterocycles. The molecule has 1 aromatic rings. The van der Waals surface area contributed by atoms with Crippen LogP contribution in [0.25, 0.3) is 0 Å². The number of aromatic hydroxyl groups is 1. The Kier molecular flexibility index (Phi) is 5.95. The van der Waals surface area contributed by atoms with Crippen LogP contribution in [0.5, 0.6) is 11.5 Å². The van der Waals surface area contributed by atoms with E-state index in [-0.39, 0.29) is 11.9 Å². The number of rotatable bonds is 7. The average molecular weight is 253 g/mol. The lowest BCUT2D eigenvalue weighted by Gasteiger charge is -2.14. The largest absolute Gasteiger partial charge is 0.507 e. The van der Waals surface area contributed by atoms with Crippen LogP contribution in [-0.2, 0) is 6.54 Å². The zero-order valence-electron chi connectivity index (χ0n) is 11.3. The van der Waals surface area contributed by atoms with Crippen molar-refractivity contribution in [2.45, 2.75) is 32.9 Å². The number of aliphatic hydroxyl groups is 1. The van der Waals surface area contributed by atoms with E-state index in [2.05, 4.69) is 19.2 Å². The lowest BCUT2D eigenvalue weighted by molar-refractivity contribution is 0.146. The van der Waals surface area contributed by atoms with Gasteiger partial charge in [-0.25, -0.2) is 0 Å². The second kappa shape index (κ2) is 7.24. The third kappa shape index (κ3) is 4.94. The van der Waals surface area contributed by atoms with Gasteiger partial charge in [-0.1, -0.05) is 19.9 Å². The second-order valence-corrected chi connectivity index (χ2v) is 4.91.